The van der Waals surface area contributed by atoms with Crippen molar-refractivity contribution in [2.24, 2.45) is 0 Å². The zero-order valence-corrected chi connectivity index (χ0v) is 25.2. The predicted octanol–water partition coefficient (Wildman–Crippen LogP) is 9.12. The van der Waals surface area contributed by atoms with Gasteiger partial charge in [-0.15, -0.1) is 0 Å². The summed E-state index contributed by atoms with van der Waals surface area (Å²) in [6.45, 7) is 4.23. The second-order valence-corrected chi connectivity index (χ2v) is 10.9. The summed E-state index contributed by atoms with van der Waals surface area (Å²) in [6.07, 6.45) is 37.9. The molecule has 0 saturated carbocycles. The average molecular weight is 534 g/mol. The fourth-order valence-electron chi connectivity index (χ4n) is 4.54. The van der Waals surface area contributed by atoms with E-state index in [-0.39, 0.29) is 12.5 Å². The van der Waals surface area contributed by atoms with Crippen LogP contribution in [0.2, 0.25) is 0 Å². The number of nitrogens with one attached hydrogen (secondary N) is 1. The summed E-state index contributed by atoms with van der Waals surface area (Å²) < 4.78 is 0. The van der Waals surface area contributed by atoms with E-state index in [1.54, 1.807) is 6.08 Å². The maximum atomic E-state index is 12.2. The Labute approximate surface area is 236 Å². The molecule has 38 heavy (non-hydrogen) atoms. The van der Waals surface area contributed by atoms with Crippen LogP contribution in [0.3, 0.4) is 0 Å². The Morgan fingerprint density at radius 2 is 1.03 bits per heavy atom. The first kappa shape index (κ1) is 36.6. The normalized spacial score (nSPS) is 13.7. The largest absolute Gasteiger partial charge is 0.394 e. The number of aliphatic hydroxyl groups excluding tert-OH is 2. The second kappa shape index (κ2) is 30.2. The SMILES string of the molecule is CCCCCC/C=C\CCCCCCCCCC(=O)NC(CO)C(O)/C=C/CC/C=C/CCCCCCC. The van der Waals surface area contributed by atoms with Crippen LogP contribution in [0.15, 0.2) is 36.5 Å². The summed E-state index contributed by atoms with van der Waals surface area (Å²) in [4.78, 5) is 12.2. The monoisotopic (exact) mass is 533 g/mol. The zero-order valence-electron chi connectivity index (χ0n) is 25.2. The number of allylic oxidation sites excluding steroid dienone is 5. The minimum Gasteiger partial charge on any atom is -0.394 e. The van der Waals surface area contributed by atoms with Crippen LogP contribution in [0.5, 0.6) is 0 Å². The average Bonchev–Trinajstić information content (AvgIpc) is 2.92. The first-order valence-electron chi connectivity index (χ1n) is 16.2. The van der Waals surface area contributed by atoms with Crippen molar-refractivity contribution in [3.8, 4) is 0 Å². The van der Waals surface area contributed by atoms with E-state index in [0.717, 1.165) is 32.1 Å². The van der Waals surface area contributed by atoms with E-state index in [1.807, 2.05) is 6.08 Å². The van der Waals surface area contributed by atoms with E-state index in [0.29, 0.717) is 6.42 Å². The molecule has 0 aliphatic heterocycles. The number of rotatable bonds is 28. The van der Waals surface area contributed by atoms with Crippen molar-refractivity contribution in [3.05, 3.63) is 36.5 Å². The van der Waals surface area contributed by atoms with E-state index in [1.165, 1.54) is 103 Å². The lowest BCUT2D eigenvalue weighted by Gasteiger charge is -2.19. The molecular formula is C34H63NO3. The van der Waals surface area contributed by atoms with Crippen LogP contribution in [0.25, 0.3) is 0 Å². The molecule has 0 spiro atoms. The first-order chi connectivity index (χ1) is 18.7. The molecule has 0 aliphatic rings. The molecule has 0 bridgehead atoms. The lowest BCUT2D eigenvalue weighted by molar-refractivity contribution is -0.123. The van der Waals surface area contributed by atoms with Crippen molar-refractivity contribution in [2.75, 3.05) is 6.61 Å². The highest BCUT2D eigenvalue weighted by Gasteiger charge is 2.17. The van der Waals surface area contributed by atoms with Gasteiger partial charge in [-0.1, -0.05) is 127 Å². The van der Waals surface area contributed by atoms with E-state index in [9.17, 15) is 15.0 Å². The van der Waals surface area contributed by atoms with Crippen molar-refractivity contribution >= 4 is 5.91 Å². The van der Waals surface area contributed by atoms with Gasteiger partial charge in [-0.05, 0) is 57.8 Å². The third kappa shape index (κ3) is 26.2. The lowest BCUT2D eigenvalue weighted by atomic mass is 10.1. The topological polar surface area (TPSA) is 69.6 Å². The van der Waals surface area contributed by atoms with Crippen LogP contribution in [0.1, 0.15) is 155 Å². The van der Waals surface area contributed by atoms with Crippen molar-refractivity contribution in [3.63, 3.8) is 0 Å². The zero-order chi connectivity index (χ0) is 27.9. The van der Waals surface area contributed by atoms with Crippen molar-refractivity contribution < 1.29 is 15.0 Å². The Balaban J connectivity index is 3.71. The standard InChI is InChI=1S/C34H63NO3/c1-3-5-7-9-11-13-15-16-17-18-20-22-24-26-28-30-34(38)35-32(31-36)33(37)29-27-25-23-21-19-14-12-10-8-6-4-2/h13,15,19,21,27,29,32-33,36-37H,3-12,14,16-18,20,22-26,28,30-31H2,1-2H3,(H,35,38)/b15-13-,21-19+,29-27+. The molecule has 3 N–H and O–H groups in total. The molecule has 0 saturated heterocycles. The number of carbonyl (C=O) groups is 1. The van der Waals surface area contributed by atoms with Crippen LogP contribution >= 0.6 is 0 Å². The van der Waals surface area contributed by atoms with Crippen LogP contribution < -0.4 is 5.32 Å². The molecular weight excluding hydrogens is 470 g/mol. The Hall–Kier alpha value is -1.39. The van der Waals surface area contributed by atoms with Gasteiger partial charge >= 0.3 is 0 Å². The van der Waals surface area contributed by atoms with E-state index in [2.05, 4.69) is 43.5 Å². The number of hydrogen-bond acceptors (Lipinski definition) is 3. The summed E-state index contributed by atoms with van der Waals surface area (Å²) in [5, 5.41) is 22.7. The molecule has 0 heterocycles. The number of carbonyl (C=O) groups excluding carboxylic acids is 1. The van der Waals surface area contributed by atoms with Crippen LogP contribution in [-0.2, 0) is 4.79 Å². The van der Waals surface area contributed by atoms with Gasteiger partial charge in [0, 0.05) is 6.42 Å². The predicted molar refractivity (Wildman–Crippen MR) is 165 cm³/mol. The van der Waals surface area contributed by atoms with Gasteiger partial charge in [0.05, 0.1) is 18.8 Å². The van der Waals surface area contributed by atoms with Crippen LogP contribution in [-0.4, -0.2) is 34.9 Å². The number of hydrogen-bond donors (Lipinski definition) is 3. The van der Waals surface area contributed by atoms with Crippen molar-refractivity contribution in [1.82, 2.24) is 5.32 Å². The molecule has 0 aliphatic carbocycles. The third-order valence-electron chi connectivity index (χ3n) is 7.10. The quantitative estimate of drug-likeness (QED) is 0.0693. The van der Waals surface area contributed by atoms with E-state index < -0.39 is 12.1 Å². The maximum Gasteiger partial charge on any atom is 0.220 e. The van der Waals surface area contributed by atoms with Gasteiger partial charge in [-0.2, -0.15) is 0 Å². The summed E-state index contributed by atoms with van der Waals surface area (Å²) in [7, 11) is 0. The number of unbranched alkanes of at least 4 members (excludes halogenated alkanes) is 17. The molecule has 2 atom stereocenters. The van der Waals surface area contributed by atoms with E-state index >= 15 is 0 Å². The van der Waals surface area contributed by atoms with Gasteiger partial charge in [0.2, 0.25) is 5.91 Å². The molecule has 0 aromatic rings. The molecule has 4 nitrogen and oxygen atoms in total. The molecule has 0 fully saturated rings. The smallest absolute Gasteiger partial charge is 0.220 e. The van der Waals surface area contributed by atoms with Gasteiger partial charge < -0.3 is 15.5 Å². The number of amides is 1. The summed E-state index contributed by atoms with van der Waals surface area (Å²) in [5.41, 5.74) is 0. The maximum absolute atomic E-state index is 12.2. The fraction of sp³-hybridized carbons (Fsp3) is 0.794. The Morgan fingerprint density at radius 3 is 1.55 bits per heavy atom. The molecule has 1 amide bonds. The highest BCUT2D eigenvalue weighted by Crippen LogP contribution is 2.11. The van der Waals surface area contributed by atoms with Gasteiger partial charge in [0.1, 0.15) is 0 Å². The van der Waals surface area contributed by atoms with Crippen LogP contribution in [0.4, 0.5) is 0 Å². The Morgan fingerprint density at radius 1 is 0.605 bits per heavy atom. The minimum atomic E-state index is -0.859. The van der Waals surface area contributed by atoms with E-state index in [4.69, 9.17) is 0 Å². The van der Waals surface area contributed by atoms with Gasteiger partial charge in [0.15, 0.2) is 0 Å². The first-order valence-corrected chi connectivity index (χ1v) is 16.2. The lowest BCUT2D eigenvalue weighted by Crippen LogP contribution is -2.45. The molecule has 0 aromatic carbocycles. The number of aliphatic hydroxyl groups is 2. The van der Waals surface area contributed by atoms with Crippen molar-refractivity contribution in [2.45, 2.75) is 167 Å². The second-order valence-electron chi connectivity index (χ2n) is 10.9. The molecule has 0 rings (SSSR count). The molecule has 0 radical (unpaired) electrons. The highest BCUT2D eigenvalue weighted by molar-refractivity contribution is 5.76. The third-order valence-corrected chi connectivity index (χ3v) is 7.10. The molecule has 4 heteroatoms. The van der Waals surface area contributed by atoms with Crippen LogP contribution in [0, 0.1) is 0 Å². The summed E-state index contributed by atoms with van der Waals surface area (Å²) >= 11 is 0. The highest BCUT2D eigenvalue weighted by atomic mass is 16.3. The van der Waals surface area contributed by atoms with Gasteiger partial charge in [-0.3, -0.25) is 4.79 Å². The summed E-state index contributed by atoms with van der Waals surface area (Å²) in [6, 6.07) is -0.636. The van der Waals surface area contributed by atoms with Gasteiger partial charge in [-0.25, -0.2) is 0 Å². The minimum absolute atomic E-state index is 0.0835. The Bertz CT molecular complexity index is 584. The van der Waals surface area contributed by atoms with Gasteiger partial charge in [0.25, 0.3) is 0 Å². The fourth-order valence-corrected chi connectivity index (χ4v) is 4.54. The molecule has 222 valence electrons. The summed E-state index contributed by atoms with van der Waals surface area (Å²) in [5.74, 6) is -0.0835. The Kier molecular flexibility index (Phi) is 29.1. The molecule has 0 aromatic heterocycles. The van der Waals surface area contributed by atoms with Crippen molar-refractivity contribution in [1.29, 1.82) is 0 Å². The molecule has 2 unspecified atom stereocenters.